The molecule has 238 valence electrons. The number of nitrogens with zero attached hydrogens (tertiary/aromatic N) is 1. The van der Waals surface area contributed by atoms with Crippen molar-refractivity contribution in [2.45, 2.75) is 26.2 Å². The predicted molar refractivity (Wildman–Crippen MR) is 212 cm³/mol. The SMILES string of the molecule is C=C/C=C(\C=C/N(c1ccc(-c2cccc(C)c2CC2=CCCC=C2)cc1)c1cccc2ccccc12)c1ccc(-c2ccccc2)cc1. The molecule has 0 heterocycles. The molecule has 0 amide bonds. The van der Waals surface area contributed by atoms with Crippen LogP contribution in [0.15, 0.2) is 194 Å². The molecule has 6 aromatic carbocycles. The van der Waals surface area contributed by atoms with Gasteiger partial charge in [0.05, 0.1) is 5.69 Å². The Hall–Kier alpha value is -5.92. The van der Waals surface area contributed by atoms with Crippen molar-refractivity contribution < 1.29 is 0 Å². The van der Waals surface area contributed by atoms with Gasteiger partial charge in [0.15, 0.2) is 0 Å². The highest BCUT2D eigenvalue weighted by atomic mass is 15.1. The lowest BCUT2D eigenvalue weighted by molar-refractivity contribution is 0.991. The van der Waals surface area contributed by atoms with Crippen LogP contribution in [-0.2, 0) is 6.42 Å². The van der Waals surface area contributed by atoms with E-state index in [4.69, 9.17) is 0 Å². The van der Waals surface area contributed by atoms with Gasteiger partial charge in [0.25, 0.3) is 0 Å². The molecule has 1 nitrogen and oxygen atoms in total. The highest BCUT2D eigenvalue weighted by molar-refractivity contribution is 5.97. The van der Waals surface area contributed by atoms with E-state index in [1.807, 2.05) is 6.08 Å². The molecule has 0 fully saturated rings. The second-order valence-electron chi connectivity index (χ2n) is 12.6. The van der Waals surface area contributed by atoms with Gasteiger partial charge in [-0.25, -0.2) is 0 Å². The predicted octanol–water partition coefficient (Wildman–Crippen LogP) is 13.2. The minimum atomic E-state index is 0.954. The second kappa shape index (κ2) is 14.9. The summed E-state index contributed by atoms with van der Waals surface area (Å²) in [6.07, 6.45) is 18.5. The van der Waals surface area contributed by atoms with Crippen molar-refractivity contribution in [3.05, 3.63) is 211 Å². The van der Waals surface area contributed by atoms with Gasteiger partial charge in [0.1, 0.15) is 0 Å². The third-order valence-corrected chi connectivity index (χ3v) is 9.37. The van der Waals surface area contributed by atoms with Crippen LogP contribution in [0.4, 0.5) is 11.4 Å². The first kappa shape index (κ1) is 31.7. The Morgan fingerprint density at radius 2 is 1.41 bits per heavy atom. The van der Waals surface area contributed by atoms with Gasteiger partial charge in [-0.1, -0.05) is 158 Å². The molecule has 0 radical (unpaired) electrons. The van der Waals surface area contributed by atoms with E-state index in [1.165, 1.54) is 49.7 Å². The largest absolute Gasteiger partial charge is 0.317 e. The summed E-state index contributed by atoms with van der Waals surface area (Å²) in [4.78, 5) is 2.30. The Kier molecular flexibility index (Phi) is 9.62. The van der Waals surface area contributed by atoms with Gasteiger partial charge in [-0.3, -0.25) is 0 Å². The summed E-state index contributed by atoms with van der Waals surface area (Å²) >= 11 is 0. The highest BCUT2D eigenvalue weighted by Gasteiger charge is 2.14. The smallest absolute Gasteiger partial charge is 0.0533 e. The summed E-state index contributed by atoms with van der Waals surface area (Å²) in [6.45, 7) is 6.27. The number of benzene rings is 6. The Balaban J connectivity index is 1.26. The van der Waals surface area contributed by atoms with Gasteiger partial charge in [0.2, 0.25) is 0 Å². The van der Waals surface area contributed by atoms with Crippen molar-refractivity contribution in [2.75, 3.05) is 4.90 Å². The molecule has 0 atom stereocenters. The molecule has 0 saturated heterocycles. The van der Waals surface area contributed by atoms with Crippen molar-refractivity contribution in [1.82, 2.24) is 0 Å². The third-order valence-electron chi connectivity index (χ3n) is 9.37. The summed E-state index contributed by atoms with van der Waals surface area (Å²) in [5.74, 6) is 0. The maximum Gasteiger partial charge on any atom is 0.0533 e. The lowest BCUT2D eigenvalue weighted by Gasteiger charge is -2.24. The van der Waals surface area contributed by atoms with E-state index in [2.05, 4.69) is 195 Å². The monoisotopic (exact) mass is 631 g/mol. The summed E-state index contributed by atoms with van der Waals surface area (Å²) in [5.41, 5.74) is 13.5. The quantitative estimate of drug-likeness (QED) is 0.136. The van der Waals surface area contributed by atoms with E-state index in [0.29, 0.717) is 0 Å². The van der Waals surface area contributed by atoms with E-state index in [-0.39, 0.29) is 0 Å². The molecule has 0 N–H and O–H groups in total. The van der Waals surface area contributed by atoms with Crippen LogP contribution in [0, 0.1) is 6.92 Å². The molecular weight excluding hydrogens is 591 g/mol. The maximum absolute atomic E-state index is 4.03. The van der Waals surface area contributed by atoms with Crippen LogP contribution in [0.1, 0.15) is 29.5 Å². The molecule has 1 heteroatoms. The topological polar surface area (TPSA) is 3.24 Å². The molecular formula is C48H41N. The van der Waals surface area contributed by atoms with Gasteiger partial charge in [-0.15, -0.1) is 0 Å². The summed E-state index contributed by atoms with van der Waals surface area (Å²) < 4.78 is 0. The average Bonchev–Trinajstić information content (AvgIpc) is 3.16. The number of fused-ring (bicyclic) bond motifs is 1. The molecule has 7 rings (SSSR count). The molecule has 0 bridgehead atoms. The zero-order valence-corrected chi connectivity index (χ0v) is 28.1. The van der Waals surface area contributed by atoms with Crippen LogP contribution >= 0.6 is 0 Å². The maximum atomic E-state index is 4.03. The lowest BCUT2D eigenvalue weighted by atomic mass is 9.90. The fraction of sp³-hybridized carbons (Fsp3) is 0.0833. The number of allylic oxidation sites excluding steroid dienone is 8. The number of anilines is 2. The second-order valence-corrected chi connectivity index (χ2v) is 12.6. The molecule has 0 unspecified atom stereocenters. The van der Waals surface area contributed by atoms with Crippen LogP contribution < -0.4 is 4.90 Å². The van der Waals surface area contributed by atoms with Crippen molar-refractivity contribution in [3.63, 3.8) is 0 Å². The van der Waals surface area contributed by atoms with Crippen LogP contribution in [0.3, 0.4) is 0 Å². The molecule has 0 spiro atoms. The normalized spacial score (nSPS) is 13.1. The standard InChI is InChI=1S/C48H41N/c1-3-14-38(40-25-27-41(28-26-40)39-18-8-5-9-19-39)33-34-49(48-24-13-21-42-20-10-11-22-46(42)48)44-31-29-43(30-32-44)45-23-12-15-36(2)47(45)35-37-16-6-4-7-17-37/h3,5-6,8-34H,1,4,7,35H2,2H3/b34-33-,38-14+. The number of hydrogen-bond acceptors (Lipinski definition) is 1. The Morgan fingerprint density at radius 3 is 2.18 bits per heavy atom. The molecule has 49 heavy (non-hydrogen) atoms. The summed E-state index contributed by atoms with van der Waals surface area (Å²) in [7, 11) is 0. The van der Waals surface area contributed by atoms with Crippen molar-refractivity contribution in [1.29, 1.82) is 0 Å². The van der Waals surface area contributed by atoms with Crippen LogP contribution in [0.5, 0.6) is 0 Å². The number of rotatable bonds is 10. The Labute approximate surface area is 291 Å². The fourth-order valence-corrected chi connectivity index (χ4v) is 6.75. The lowest BCUT2D eigenvalue weighted by Crippen LogP contribution is -2.09. The van der Waals surface area contributed by atoms with Gasteiger partial charge >= 0.3 is 0 Å². The van der Waals surface area contributed by atoms with Gasteiger partial charge < -0.3 is 4.90 Å². The fourth-order valence-electron chi connectivity index (χ4n) is 6.75. The van der Waals surface area contributed by atoms with Crippen LogP contribution in [0.2, 0.25) is 0 Å². The molecule has 0 aromatic heterocycles. The van der Waals surface area contributed by atoms with Gasteiger partial charge in [-0.2, -0.15) is 0 Å². The van der Waals surface area contributed by atoms with Gasteiger partial charge in [0, 0.05) is 17.3 Å². The van der Waals surface area contributed by atoms with Crippen molar-refractivity contribution >= 4 is 27.7 Å². The van der Waals surface area contributed by atoms with E-state index >= 15 is 0 Å². The first-order valence-corrected chi connectivity index (χ1v) is 17.2. The van der Waals surface area contributed by atoms with E-state index < -0.39 is 0 Å². The Bertz CT molecular complexity index is 2190. The first-order valence-electron chi connectivity index (χ1n) is 17.2. The van der Waals surface area contributed by atoms with E-state index in [9.17, 15) is 0 Å². The first-order chi connectivity index (χ1) is 24.2. The van der Waals surface area contributed by atoms with Gasteiger partial charge in [-0.05, 0) is 106 Å². The Morgan fingerprint density at radius 1 is 0.694 bits per heavy atom. The number of hydrogen-bond donors (Lipinski definition) is 0. The summed E-state index contributed by atoms with van der Waals surface area (Å²) in [6, 6.07) is 50.1. The zero-order chi connectivity index (χ0) is 33.4. The molecule has 1 aliphatic rings. The highest BCUT2D eigenvalue weighted by Crippen LogP contribution is 2.36. The summed E-state index contributed by atoms with van der Waals surface area (Å²) in [5, 5.41) is 2.42. The van der Waals surface area contributed by atoms with Crippen LogP contribution in [-0.4, -0.2) is 0 Å². The minimum Gasteiger partial charge on any atom is -0.317 e. The van der Waals surface area contributed by atoms with Crippen molar-refractivity contribution in [3.8, 4) is 22.3 Å². The van der Waals surface area contributed by atoms with E-state index in [0.717, 1.165) is 41.8 Å². The molecule has 0 saturated carbocycles. The zero-order valence-electron chi connectivity index (χ0n) is 28.1. The minimum absolute atomic E-state index is 0.954. The molecule has 1 aliphatic carbocycles. The molecule has 0 aliphatic heterocycles. The average molecular weight is 632 g/mol. The van der Waals surface area contributed by atoms with Crippen molar-refractivity contribution in [2.24, 2.45) is 0 Å². The third kappa shape index (κ3) is 7.17. The van der Waals surface area contributed by atoms with Crippen LogP contribution in [0.25, 0.3) is 38.6 Å². The number of aryl methyl sites for hydroxylation is 1. The van der Waals surface area contributed by atoms with E-state index in [1.54, 1.807) is 0 Å². The molecule has 6 aromatic rings.